The molecule has 13 heteroatoms. The van der Waals surface area contributed by atoms with Crippen LogP contribution in [0, 0.1) is 5.92 Å². The second-order valence-corrected chi connectivity index (χ2v) is 7.69. The minimum Gasteiger partial charge on any atom is -0.327 e. The van der Waals surface area contributed by atoms with Gasteiger partial charge in [0, 0.05) is 12.6 Å². The Hall–Kier alpha value is -1.96. The zero-order chi connectivity index (χ0) is 19.1. The Labute approximate surface area is 149 Å². The van der Waals surface area contributed by atoms with Crippen LogP contribution in [0.25, 0.3) is 0 Å². The summed E-state index contributed by atoms with van der Waals surface area (Å²) in [5, 5.41) is 0.554. The molecule has 1 aliphatic carbocycles. The molecule has 3 rings (SSSR count). The number of hydroxylamine groups is 2. The summed E-state index contributed by atoms with van der Waals surface area (Å²) in [6, 6.07) is -2.55. The third kappa shape index (κ3) is 3.75. The van der Waals surface area contributed by atoms with Crippen LogP contribution in [-0.4, -0.2) is 65.4 Å². The van der Waals surface area contributed by atoms with Gasteiger partial charge >= 0.3 is 16.4 Å². The largest absolute Gasteiger partial charge is 0.418 e. The molecule has 12 nitrogen and oxygen atoms in total. The molecule has 0 aromatic rings. The number of fused-ring (bicyclic) bond motifs is 2. The molecule has 0 radical (unpaired) electrons. The minimum absolute atomic E-state index is 0.0773. The first-order valence-corrected chi connectivity index (χ1v) is 9.66. The van der Waals surface area contributed by atoms with Crippen LogP contribution in [0.5, 0.6) is 0 Å². The van der Waals surface area contributed by atoms with Crippen molar-refractivity contribution in [1.29, 1.82) is 0 Å². The van der Waals surface area contributed by atoms with Gasteiger partial charge in [0.1, 0.15) is 6.04 Å². The van der Waals surface area contributed by atoms with Gasteiger partial charge in [-0.05, 0) is 25.7 Å². The molecule has 2 heterocycles. The molecular weight excluding hydrogens is 370 g/mol. The predicted octanol–water partition coefficient (Wildman–Crippen LogP) is -1.74. The van der Waals surface area contributed by atoms with Gasteiger partial charge in [-0.3, -0.25) is 25.0 Å². The Bertz CT molecular complexity index is 714. The van der Waals surface area contributed by atoms with Gasteiger partial charge in [0.2, 0.25) is 5.91 Å². The monoisotopic (exact) mass is 391 g/mol. The van der Waals surface area contributed by atoms with E-state index < -0.39 is 34.4 Å². The highest BCUT2D eigenvalue weighted by Crippen LogP contribution is 2.30. The maximum Gasteiger partial charge on any atom is 0.418 e. The maximum absolute atomic E-state index is 12.3. The van der Waals surface area contributed by atoms with Gasteiger partial charge in [0.05, 0.1) is 12.0 Å². The van der Waals surface area contributed by atoms with Crippen LogP contribution >= 0.6 is 0 Å². The standard InChI is InChI=1S/C13H21N5O7S/c14-9-3-1-2-8(9)11(19)15-16-12(20)10-5-4-7-6-17(10)13(21)18(7)25-26(22,23)24/h7-10H,1-6,14H2,(H,15,19)(H,16,20)(H,22,23,24)/t7-,8?,9-,10+/m1/s1. The molecular formula is C13H21N5O7S. The Kier molecular flexibility index (Phi) is 5.05. The lowest BCUT2D eigenvalue weighted by Crippen LogP contribution is -2.55. The fraction of sp³-hybridized carbons (Fsp3) is 0.769. The van der Waals surface area contributed by atoms with Crippen molar-refractivity contribution < 1.29 is 31.6 Å². The van der Waals surface area contributed by atoms with Crippen LogP contribution in [0.4, 0.5) is 4.79 Å². The van der Waals surface area contributed by atoms with Gasteiger partial charge in [-0.25, -0.2) is 4.79 Å². The molecule has 2 saturated heterocycles. The van der Waals surface area contributed by atoms with Crippen molar-refractivity contribution >= 4 is 28.2 Å². The molecule has 146 valence electrons. The number of nitrogens with two attached hydrogens (primary N) is 1. The van der Waals surface area contributed by atoms with E-state index in [4.69, 9.17) is 10.3 Å². The average molecular weight is 391 g/mol. The van der Waals surface area contributed by atoms with Crippen LogP contribution in [0.3, 0.4) is 0 Å². The number of rotatable bonds is 4. The van der Waals surface area contributed by atoms with Gasteiger partial charge in [-0.15, -0.1) is 4.28 Å². The first kappa shape index (κ1) is 18.8. The summed E-state index contributed by atoms with van der Waals surface area (Å²) in [7, 11) is -4.84. The number of amides is 4. The molecule has 1 unspecified atom stereocenters. The lowest BCUT2D eigenvalue weighted by Gasteiger charge is -2.29. The minimum atomic E-state index is -4.84. The Morgan fingerprint density at radius 1 is 1.15 bits per heavy atom. The molecule has 26 heavy (non-hydrogen) atoms. The smallest absolute Gasteiger partial charge is 0.327 e. The summed E-state index contributed by atoms with van der Waals surface area (Å²) in [5.74, 6) is -1.33. The number of hydrogen-bond donors (Lipinski definition) is 4. The van der Waals surface area contributed by atoms with Crippen molar-refractivity contribution in [3.8, 4) is 0 Å². The lowest BCUT2D eigenvalue weighted by molar-refractivity contribution is -0.133. The van der Waals surface area contributed by atoms with E-state index in [1.54, 1.807) is 0 Å². The van der Waals surface area contributed by atoms with E-state index in [0.29, 0.717) is 17.9 Å². The lowest BCUT2D eigenvalue weighted by atomic mass is 10.0. The number of nitrogens with one attached hydrogen (secondary N) is 2. The topological polar surface area (TPSA) is 171 Å². The third-order valence-electron chi connectivity index (χ3n) is 5.02. The molecule has 0 aromatic carbocycles. The Balaban J connectivity index is 1.57. The molecule has 2 aliphatic heterocycles. The molecule has 0 spiro atoms. The quantitative estimate of drug-likeness (QED) is 0.323. The second kappa shape index (κ2) is 6.98. The molecule has 3 aliphatic rings. The molecule has 1 saturated carbocycles. The fourth-order valence-corrected chi connectivity index (χ4v) is 4.11. The van der Waals surface area contributed by atoms with Gasteiger partial charge in [-0.2, -0.15) is 13.5 Å². The van der Waals surface area contributed by atoms with Crippen molar-refractivity contribution in [3.05, 3.63) is 0 Å². The summed E-state index contributed by atoms with van der Waals surface area (Å²) in [6.07, 6.45) is 2.81. The zero-order valence-electron chi connectivity index (χ0n) is 13.8. The summed E-state index contributed by atoms with van der Waals surface area (Å²) >= 11 is 0. The van der Waals surface area contributed by atoms with E-state index in [-0.39, 0.29) is 30.8 Å². The molecule has 0 aromatic heterocycles. The number of hydrogen-bond acceptors (Lipinski definition) is 7. The van der Waals surface area contributed by atoms with Crippen LogP contribution in [0.15, 0.2) is 0 Å². The molecule has 5 N–H and O–H groups in total. The number of nitrogens with zero attached hydrogens (tertiary/aromatic N) is 2. The number of carbonyl (C=O) groups is 3. The van der Waals surface area contributed by atoms with Gasteiger partial charge in [0.25, 0.3) is 5.91 Å². The van der Waals surface area contributed by atoms with E-state index in [1.807, 2.05) is 0 Å². The first-order chi connectivity index (χ1) is 12.2. The van der Waals surface area contributed by atoms with Gasteiger partial charge in [0.15, 0.2) is 0 Å². The van der Waals surface area contributed by atoms with E-state index in [9.17, 15) is 22.8 Å². The molecule has 4 amide bonds. The fourth-order valence-electron chi connectivity index (χ4n) is 3.72. The Morgan fingerprint density at radius 2 is 1.85 bits per heavy atom. The Morgan fingerprint density at radius 3 is 2.46 bits per heavy atom. The van der Waals surface area contributed by atoms with Crippen LogP contribution in [0.2, 0.25) is 0 Å². The average Bonchev–Trinajstić information content (AvgIpc) is 3.09. The van der Waals surface area contributed by atoms with Crippen molar-refractivity contribution in [2.45, 2.75) is 50.2 Å². The van der Waals surface area contributed by atoms with E-state index in [2.05, 4.69) is 15.1 Å². The third-order valence-corrected chi connectivity index (χ3v) is 5.36. The normalized spacial score (nSPS) is 31.2. The second-order valence-electron chi connectivity index (χ2n) is 6.69. The maximum atomic E-state index is 12.3. The highest BCUT2D eigenvalue weighted by molar-refractivity contribution is 7.80. The zero-order valence-corrected chi connectivity index (χ0v) is 14.6. The van der Waals surface area contributed by atoms with Gasteiger partial charge < -0.3 is 10.6 Å². The first-order valence-electron chi connectivity index (χ1n) is 8.29. The van der Waals surface area contributed by atoms with E-state index >= 15 is 0 Å². The van der Waals surface area contributed by atoms with E-state index in [1.165, 1.54) is 0 Å². The summed E-state index contributed by atoms with van der Waals surface area (Å²) in [4.78, 5) is 37.8. The van der Waals surface area contributed by atoms with Crippen molar-refractivity contribution in [3.63, 3.8) is 0 Å². The van der Waals surface area contributed by atoms with Gasteiger partial charge in [-0.1, -0.05) is 6.42 Å². The molecule has 4 atom stereocenters. The van der Waals surface area contributed by atoms with Crippen molar-refractivity contribution in [2.75, 3.05) is 6.54 Å². The van der Waals surface area contributed by atoms with E-state index in [0.717, 1.165) is 17.7 Å². The number of hydrazine groups is 1. The number of carbonyl (C=O) groups excluding carboxylic acids is 3. The number of urea groups is 1. The SMILES string of the molecule is N[C@@H]1CCCC1C(=O)NNC(=O)[C@@H]1CC[C@@H]2CN1C(=O)N2OS(=O)(=O)O. The van der Waals surface area contributed by atoms with Crippen molar-refractivity contribution in [1.82, 2.24) is 20.8 Å². The molecule has 3 fully saturated rings. The van der Waals surface area contributed by atoms with Crippen molar-refractivity contribution in [2.24, 2.45) is 11.7 Å². The van der Waals surface area contributed by atoms with Crippen LogP contribution in [0.1, 0.15) is 32.1 Å². The summed E-state index contributed by atoms with van der Waals surface area (Å²) in [5.41, 5.74) is 10.5. The number of piperidine rings is 1. The molecule has 2 bridgehead atoms. The predicted molar refractivity (Wildman–Crippen MR) is 85.0 cm³/mol. The highest BCUT2D eigenvalue weighted by Gasteiger charge is 2.49. The highest BCUT2D eigenvalue weighted by atomic mass is 32.3. The summed E-state index contributed by atoms with van der Waals surface area (Å²) in [6.45, 7) is 0.0773. The summed E-state index contributed by atoms with van der Waals surface area (Å²) < 4.78 is 34.7. The van der Waals surface area contributed by atoms with Crippen LogP contribution < -0.4 is 16.6 Å². The van der Waals surface area contributed by atoms with Crippen LogP contribution in [-0.2, 0) is 24.3 Å².